The van der Waals surface area contributed by atoms with Crippen LogP contribution in [0.2, 0.25) is 0 Å². The van der Waals surface area contributed by atoms with Gasteiger partial charge in [-0.15, -0.1) is 0 Å². The lowest BCUT2D eigenvalue weighted by Gasteiger charge is -2.42. The number of hydrogen-bond acceptors (Lipinski definition) is 3. The monoisotopic (exact) mass is 211 g/mol. The van der Waals surface area contributed by atoms with E-state index in [-0.39, 0.29) is 0 Å². The van der Waals surface area contributed by atoms with Crippen LogP contribution in [-0.2, 0) is 0 Å². The Bertz CT molecular complexity index is 203. The second kappa shape index (κ2) is 4.81. The molecule has 2 saturated heterocycles. The SMILES string of the molecule is CC(CN1CCN(C)CC1C)C1CNC1. The van der Waals surface area contributed by atoms with Gasteiger partial charge in [0.25, 0.3) is 0 Å². The number of likely N-dealkylation sites (N-methyl/N-ethyl adjacent to an activating group) is 1. The Labute approximate surface area is 93.8 Å². The highest BCUT2D eigenvalue weighted by Crippen LogP contribution is 2.19. The first-order valence-corrected chi connectivity index (χ1v) is 6.30. The smallest absolute Gasteiger partial charge is 0.0195 e. The van der Waals surface area contributed by atoms with Crippen LogP contribution < -0.4 is 5.32 Å². The van der Waals surface area contributed by atoms with Crippen molar-refractivity contribution in [3.05, 3.63) is 0 Å². The molecule has 2 heterocycles. The van der Waals surface area contributed by atoms with E-state index in [2.05, 4.69) is 36.0 Å². The normalized spacial score (nSPS) is 32.6. The zero-order valence-electron chi connectivity index (χ0n) is 10.4. The van der Waals surface area contributed by atoms with Crippen LogP contribution in [0.25, 0.3) is 0 Å². The van der Waals surface area contributed by atoms with E-state index in [0.29, 0.717) is 0 Å². The van der Waals surface area contributed by atoms with E-state index in [1.165, 1.54) is 39.3 Å². The van der Waals surface area contributed by atoms with Gasteiger partial charge in [0.15, 0.2) is 0 Å². The molecule has 0 aliphatic carbocycles. The van der Waals surface area contributed by atoms with E-state index in [4.69, 9.17) is 0 Å². The fourth-order valence-corrected chi connectivity index (χ4v) is 2.68. The van der Waals surface area contributed by atoms with E-state index in [0.717, 1.165) is 17.9 Å². The first-order chi connectivity index (χ1) is 7.16. The van der Waals surface area contributed by atoms with Gasteiger partial charge in [-0.3, -0.25) is 4.90 Å². The van der Waals surface area contributed by atoms with Crippen LogP contribution in [0.3, 0.4) is 0 Å². The Morgan fingerprint density at radius 1 is 1.33 bits per heavy atom. The predicted molar refractivity (Wildman–Crippen MR) is 64.1 cm³/mol. The summed E-state index contributed by atoms with van der Waals surface area (Å²) >= 11 is 0. The van der Waals surface area contributed by atoms with Crippen molar-refractivity contribution in [1.29, 1.82) is 0 Å². The maximum atomic E-state index is 3.37. The van der Waals surface area contributed by atoms with E-state index in [1.807, 2.05) is 0 Å². The summed E-state index contributed by atoms with van der Waals surface area (Å²) in [6, 6.07) is 0.735. The van der Waals surface area contributed by atoms with Crippen molar-refractivity contribution in [2.45, 2.75) is 19.9 Å². The standard InChI is InChI=1S/C12H25N3/c1-10(12-6-13-7-12)8-15-5-4-14(3)9-11(15)2/h10-13H,4-9H2,1-3H3. The molecule has 88 valence electrons. The minimum atomic E-state index is 0.735. The molecule has 2 unspecified atom stereocenters. The second-order valence-corrected chi connectivity index (χ2v) is 5.50. The van der Waals surface area contributed by atoms with Crippen LogP contribution in [0.1, 0.15) is 13.8 Å². The highest BCUT2D eigenvalue weighted by molar-refractivity contribution is 4.84. The molecule has 2 aliphatic rings. The number of rotatable bonds is 3. The lowest BCUT2D eigenvalue weighted by Crippen LogP contribution is -2.54. The summed E-state index contributed by atoms with van der Waals surface area (Å²) in [7, 11) is 2.23. The molecule has 15 heavy (non-hydrogen) atoms. The second-order valence-electron chi connectivity index (χ2n) is 5.50. The summed E-state index contributed by atoms with van der Waals surface area (Å²) in [5, 5.41) is 3.37. The summed E-state index contributed by atoms with van der Waals surface area (Å²) in [6.07, 6.45) is 0. The van der Waals surface area contributed by atoms with E-state index in [9.17, 15) is 0 Å². The molecule has 0 radical (unpaired) electrons. The number of nitrogens with one attached hydrogen (secondary N) is 1. The van der Waals surface area contributed by atoms with E-state index < -0.39 is 0 Å². The summed E-state index contributed by atoms with van der Waals surface area (Å²) in [4.78, 5) is 5.11. The van der Waals surface area contributed by atoms with Crippen molar-refractivity contribution < 1.29 is 0 Å². The van der Waals surface area contributed by atoms with Crippen molar-refractivity contribution in [3.8, 4) is 0 Å². The molecule has 2 fully saturated rings. The first-order valence-electron chi connectivity index (χ1n) is 6.30. The molecular formula is C12H25N3. The van der Waals surface area contributed by atoms with Crippen molar-refractivity contribution in [2.24, 2.45) is 11.8 Å². The van der Waals surface area contributed by atoms with Crippen LogP contribution in [0.15, 0.2) is 0 Å². The Hall–Kier alpha value is -0.120. The molecular weight excluding hydrogens is 186 g/mol. The van der Waals surface area contributed by atoms with Crippen molar-refractivity contribution in [1.82, 2.24) is 15.1 Å². The molecule has 3 nitrogen and oxygen atoms in total. The van der Waals surface area contributed by atoms with E-state index >= 15 is 0 Å². The minimum absolute atomic E-state index is 0.735. The molecule has 0 aromatic carbocycles. The van der Waals surface area contributed by atoms with Gasteiger partial charge in [0.1, 0.15) is 0 Å². The van der Waals surface area contributed by atoms with Gasteiger partial charge in [-0.05, 0) is 38.9 Å². The Kier molecular flexibility index (Phi) is 3.65. The van der Waals surface area contributed by atoms with Gasteiger partial charge in [-0.25, -0.2) is 0 Å². The lowest BCUT2D eigenvalue weighted by molar-refractivity contribution is 0.0700. The fourth-order valence-electron chi connectivity index (χ4n) is 2.68. The largest absolute Gasteiger partial charge is 0.316 e. The van der Waals surface area contributed by atoms with Gasteiger partial charge in [0, 0.05) is 32.2 Å². The zero-order valence-corrected chi connectivity index (χ0v) is 10.4. The van der Waals surface area contributed by atoms with Crippen LogP contribution in [0.5, 0.6) is 0 Å². The summed E-state index contributed by atoms with van der Waals surface area (Å²) in [6.45, 7) is 12.3. The van der Waals surface area contributed by atoms with Gasteiger partial charge in [0.05, 0.1) is 0 Å². The lowest BCUT2D eigenvalue weighted by atomic mass is 9.88. The average Bonchev–Trinajstić information content (AvgIpc) is 2.07. The molecule has 3 heteroatoms. The van der Waals surface area contributed by atoms with Crippen molar-refractivity contribution >= 4 is 0 Å². The van der Waals surface area contributed by atoms with Gasteiger partial charge >= 0.3 is 0 Å². The molecule has 0 aromatic heterocycles. The highest BCUT2D eigenvalue weighted by Gasteiger charge is 2.28. The van der Waals surface area contributed by atoms with Crippen LogP contribution >= 0.6 is 0 Å². The minimum Gasteiger partial charge on any atom is -0.316 e. The molecule has 0 saturated carbocycles. The van der Waals surface area contributed by atoms with Crippen molar-refractivity contribution in [3.63, 3.8) is 0 Å². The number of hydrogen-bond donors (Lipinski definition) is 1. The molecule has 0 amide bonds. The van der Waals surface area contributed by atoms with E-state index in [1.54, 1.807) is 0 Å². The van der Waals surface area contributed by atoms with Gasteiger partial charge in [-0.2, -0.15) is 0 Å². The molecule has 0 spiro atoms. The summed E-state index contributed by atoms with van der Waals surface area (Å²) < 4.78 is 0. The maximum Gasteiger partial charge on any atom is 0.0195 e. The molecule has 1 N–H and O–H groups in total. The number of piperazine rings is 1. The molecule has 2 atom stereocenters. The molecule has 2 aliphatic heterocycles. The molecule has 2 rings (SSSR count). The summed E-state index contributed by atoms with van der Waals surface area (Å²) in [5.74, 6) is 1.79. The zero-order chi connectivity index (χ0) is 10.8. The van der Waals surface area contributed by atoms with Crippen LogP contribution in [0.4, 0.5) is 0 Å². The van der Waals surface area contributed by atoms with Crippen LogP contribution in [-0.4, -0.2) is 62.2 Å². The van der Waals surface area contributed by atoms with Crippen LogP contribution in [0, 0.1) is 11.8 Å². The molecule has 0 bridgehead atoms. The van der Waals surface area contributed by atoms with Crippen molar-refractivity contribution in [2.75, 3.05) is 46.3 Å². The third-order valence-electron chi connectivity index (χ3n) is 4.11. The quantitative estimate of drug-likeness (QED) is 0.732. The fraction of sp³-hybridized carbons (Fsp3) is 1.00. The highest BCUT2D eigenvalue weighted by atomic mass is 15.3. The molecule has 0 aromatic rings. The number of nitrogens with zero attached hydrogens (tertiary/aromatic N) is 2. The summed E-state index contributed by atoms with van der Waals surface area (Å²) in [5.41, 5.74) is 0. The van der Waals surface area contributed by atoms with Gasteiger partial charge in [0.2, 0.25) is 0 Å². The van der Waals surface area contributed by atoms with Gasteiger partial charge < -0.3 is 10.2 Å². The Balaban J connectivity index is 1.77. The third kappa shape index (κ3) is 2.71. The Morgan fingerprint density at radius 2 is 2.07 bits per heavy atom. The average molecular weight is 211 g/mol. The third-order valence-corrected chi connectivity index (χ3v) is 4.11. The topological polar surface area (TPSA) is 18.5 Å². The predicted octanol–water partition coefficient (Wildman–Crippen LogP) is 0.478. The maximum absolute atomic E-state index is 3.37. The Morgan fingerprint density at radius 3 is 2.60 bits per heavy atom. The van der Waals surface area contributed by atoms with Gasteiger partial charge in [-0.1, -0.05) is 6.92 Å². The first kappa shape index (κ1) is 11.4.